The Morgan fingerprint density at radius 1 is 1.33 bits per heavy atom. The first-order valence-corrected chi connectivity index (χ1v) is 9.13. The first-order chi connectivity index (χ1) is 11.7. The van der Waals surface area contributed by atoms with E-state index in [1.54, 1.807) is 18.1 Å². The van der Waals surface area contributed by atoms with Gasteiger partial charge in [0, 0.05) is 12.3 Å². The highest BCUT2D eigenvalue weighted by molar-refractivity contribution is 7.97. The summed E-state index contributed by atoms with van der Waals surface area (Å²) in [4.78, 5) is 18.7. The van der Waals surface area contributed by atoms with Crippen LogP contribution >= 0.6 is 11.9 Å². The number of H-pyrrole nitrogens is 1. The third-order valence-electron chi connectivity index (χ3n) is 3.58. The number of hydrogen-bond acceptors (Lipinski definition) is 4. The van der Waals surface area contributed by atoms with Crippen molar-refractivity contribution in [1.29, 1.82) is 0 Å². The van der Waals surface area contributed by atoms with Crippen molar-refractivity contribution in [2.75, 3.05) is 12.3 Å². The summed E-state index contributed by atoms with van der Waals surface area (Å²) in [5, 5.41) is 11.6. The monoisotopic (exact) mass is 348 g/mol. The van der Waals surface area contributed by atoms with Crippen LogP contribution in [0.25, 0.3) is 11.3 Å². The first kappa shape index (κ1) is 18.4. The third kappa shape index (κ3) is 5.90. The molecule has 0 aliphatic rings. The van der Waals surface area contributed by atoms with E-state index in [0.29, 0.717) is 12.2 Å². The lowest BCUT2D eigenvalue weighted by molar-refractivity contribution is 0.188. The number of aromatic nitrogens is 2. The SMILES string of the molecule is CCSNCCCCC(NC(=O)O)c1ncc(-c2ccccc2)[nH]1. The topological polar surface area (TPSA) is 90.0 Å². The zero-order chi connectivity index (χ0) is 17.2. The van der Waals surface area contributed by atoms with Crippen LogP contribution in [0.5, 0.6) is 0 Å². The maximum Gasteiger partial charge on any atom is 0.405 e. The lowest BCUT2D eigenvalue weighted by atomic mass is 10.1. The zero-order valence-corrected chi connectivity index (χ0v) is 14.6. The van der Waals surface area contributed by atoms with Gasteiger partial charge in [-0.1, -0.05) is 49.2 Å². The summed E-state index contributed by atoms with van der Waals surface area (Å²) in [6, 6.07) is 9.55. The highest BCUT2D eigenvalue weighted by atomic mass is 32.2. The van der Waals surface area contributed by atoms with Crippen molar-refractivity contribution in [3.8, 4) is 11.3 Å². The van der Waals surface area contributed by atoms with Crippen molar-refractivity contribution in [1.82, 2.24) is 20.0 Å². The maximum absolute atomic E-state index is 11.1. The van der Waals surface area contributed by atoms with Crippen LogP contribution in [0, 0.1) is 0 Å². The molecule has 2 rings (SSSR count). The van der Waals surface area contributed by atoms with Gasteiger partial charge < -0.3 is 15.4 Å². The summed E-state index contributed by atoms with van der Waals surface area (Å²) in [6.07, 6.45) is 3.35. The van der Waals surface area contributed by atoms with E-state index in [1.165, 1.54) is 0 Å². The van der Waals surface area contributed by atoms with Crippen LogP contribution in [0.3, 0.4) is 0 Å². The van der Waals surface area contributed by atoms with Gasteiger partial charge in [0.25, 0.3) is 0 Å². The number of hydrogen-bond donors (Lipinski definition) is 4. The fourth-order valence-corrected chi connectivity index (χ4v) is 2.92. The number of amides is 1. The predicted molar refractivity (Wildman–Crippen MR) is 97.9 cm³/mol. The summed E-state index contributed by atoms with van der Waals surface area (Å²) in [5.74, 6) is 1.70. The minimum Gasteiger partial charge on any atom is -0.465 e. The second-order valence-corrected chi connectivity index (χ2v) is 6.53. The molecule has 7 heteroatoms. The molecule has 1 aromatic carbocycles. The summed E-state index contributed by atoms with van der Waals surface area (Å²) >= 11 is 1.70. The Morgan fingerprint density at radius 3 is 2.83 bits per heavy atom. The van der Waals surface area contributed by atoms with Gasteiger partial charge in [-0.25, -0.2) is 9.78 Å². The Labute approximate surface area is 146 Å². The second kappa shape index (κ2) is 10.00. The van der Waals surface area contributed by atoms with E-state index in [0.717, 1.165) is 36.4 Å². The number of imidazole rings is 1. The molecule has 0 bridgehead atoms. The van der Waals surface area contributed by atoms with Gasteiger partial charge in [-0.05, 0) is 24.8 Å². The van der Waals surface area contributed by atoms with Crippen LogP contribution in [-0.2, 0) is 0 Å². The zero-order valence-electron chi connectivity index (χ0n) is 13.8. The molecule has 1 unspecified atom stereocenters. The summed E-state index contributed by atoms with van der Waals surface area (Å²) in [7, 11) is 0. The number of nitrogens with zero attached hydrogens (tertiary/aromatic N) is 1. The Balaban J connectivity index is 1.95. The number of aromatic amines is 1. The highest BCUT2D eigenvalue weighted by Crippen LogP contribution is 2.21. The third-order valence-corrected chi connectivity index (χ3v) is 4.27. The van der Waals surface area contributed by atoms with Crippen molar-refractivity contribution in [2.45, 2.75) is 32.2 Å². The number of unbranched alkanes of at least 4 members (excludes halogenated alkanes) is 1. The van der Waals surface area contributed by atoms with Gasteiger partial charge in [0.1, 0.15) is 5.82 Å². The highest BCUT2D eigenvalue weighted by Gasteiger charge is 2.17. The van der Waals surface area contributed by atoms with Crippen LogP contribution in [-0.4, -0.2) is 33.5 Å². The number of carbonyl (C=O) groups is 1. The molecule has 0 aliphatic carbocycles. The van der Waals surface area contributed by atoms with Gasteiger partial charge >= 0.3 is 6.09 Å². The van der Waals surface area contributed by atoms with Gasteiger partial charge in [0.2, 0.25) is 0 Å². The standard InChI is InChI=1S/C17H24N4O2S/c1-2-24-19-11-7-6-10-14(21-17(22)23)16-18-12-15(20-16)13-8-4-3-5-9-13/h3-5,8-9,12,14,19,21H,2,6-7,10-11H2,1H3,(H,18,20)(H,22,23). The van der Waals surface area contributed by atoms with E-state index in [1.807, 2.05) is 30.3 Å². The smallest absolute Gasteiger partial charge is 0.405 e. The van der Waals surface area contributed by atoms with E-state index in [9.17, 15) is 4.79 Å². The van der Waals surface area contributed by atoms with Crippen LogP contribution in [0.1, 0.15) is 38.1 Å². The normalized spacial score (nSPS) is 12.0. The van der Waals surface area contributed by atoms with Crippen molar-refractivity contribution >= 4 is 18.0 Å². The molecule has 1 heterocycles. The lowest BCUT2D eigenvalue weighted by Gasteiger charge is -2.14. The molecule has 130 valence electrons. The van der Waals surface area contributed by atoms with E-state index in [2.05, 4.69) is 26.9 Å². The molecule has 0 saturated carbocycles. The van der Waals surface area contributed by atoms with Gasteiger partial charge in [-0.3, -0.25) is 4.72 Å². The summed E-state index contributed by atoms with van der Waals surface area (Å²) < 4.78 is 3.27. The van der Waals surface area contributed by atoms with Gasteiger partial charge in [-0.2, -0.15) is 0 Å². The fraction of sp³-hybridized carbons (Fsp3) is 0.412. The molecule has 1 aromatic heterocycles. The summed E-state index contributed by atoms with van der Waals surface area (Å²) in [5.41, 5.74) is 1.93. The van der Waals surface area contributed by atoms with Gasteiger partial charge in [0.05, 0.1) is 17.9 Å². The molecular formula is C17H24N4O2S. The van der Waals surface area contributed by atoms with E-state index in [4.69, 9.17) is 5.11 Å². The predicted octanol–water partition coefficient (Wildman–Crippen LogP) is 3.81. The molecule has 1 amide bonds. The Morgan fingerprint density at radius 2 is 2.12 bits per heavy atom. The lowest BCUT2D eigenvalue weighted by Crippen LogP contribution is -2.27. The van der Waals surface area contributed by atoms with Crippen LogP contribution < -0.4 is 10.0 Å². The average Bonchev–Trinajstić information content (AvgIpc) is 3.07. The molecule has 4 N–H and O–H groups in total. The number of carboxylic acid groups (broad SMARTS) is 1. The second-order valence-electron chi connectivity index (χ2n) is 5.37. The van der Waals surface area contributed by atoms with Crippen molar-refractivity contribution in [3.63, 3.8) is 0 Å². The maximum atomic E-state index is 11.1. The average molecular weight is 348 g/mol. The molecule has 0 saturated heterocycles. The Hall–Kier alpha value is -1.99. The molecule has 2 aromatic rings. The van der Waals surface area contributed by atoms with E-state index in [-0.39, 0.29) is 6.04 Å². The van der Waals surface area contributed by atoms with Gasteiger partial charge in [0.15, 0.2) is 0 Å². The molecule has 1 atom stereocenters. The number of nitrogens with one attached hydrogen (secondary N) is 3. The van der Waals surface area contributed by atoms with Crippen LogP contribution in [0.15, 0.2) is 36.5 Å². The summed E-state index contributed by atoms with van der Waals surface area (Å²) in [6.45, 7) is 3.03. The van der Waals surface area contributed by atoms with Crippen LogP contribution in [0.2, 0.25) is 0 Å². The largest absolute Gasteiger partial charge is 0.465 e. The van der Waals surface area contributed by atoms with E-state index < -0.39 is 6.09 Å². The van der Waals surface area contributed by atoms with Crippen molar-refractivity contribution in [2.24, 2.45) is 0 Å². The van der Waals surface area contributed by atoms with Gasteiger partial charge in [-0.15, -0.1) is 0 Å². The Kier molecular flexibility index (Phi) is 7.64. The molecule has 24 heavy (non-hydrogen) atoms. The minimum absolute atomic E-state index is 0.321. The number of rotatable bonds is 10. The quantitative estimate of drug-likeness (QED) is 0.387. The molecule has 0 aliphatic heterocycles. The molecule has 6 nitrogen and oxygen atoms in total. The van der Waals surface area contributed by atoms with Crippen molar-refractivity contribution in [3.05, 3.63) is 42.4 Å². The number of benzene rings is 1. The Bertz CT molecular complexity index is 618. The molecular weight excluding hydrogens is 324 g/mol. The fourth-order valence-electron chi connectivity index (χ4n) is 2.42. The van der Waals surface area contributed by atoms with E-state index >= 15 is 0 Å². The van der Waals surface area contributed by atoms with Crippen LogP contribution in [0.4, 0.5) is 4.79 Å². The van der Waals surface area contributed by atoms with Crippen molar-refractivity contribution < 1.29 is 9.90 Å². The molecule has 0 fully saturated rings. The minimum atomic E-state index is -1.03. The molecule has 0 spiro atoms. The molecule has 0 radical (unpaired) electrons. The first-order valence-electron chi connectivity index (χ1n) is 8.15.